The molecule has 0 saturated heterocycles. The number of fused-ring (bicyclic) bond motifs is 1. The van der Waals surface area contributed by atoms with E-state index in [1.54, 1.807) is 10.6 Å². The van der Waals surface area contributed by atoms with Crippen molar-refractivity contribution < 1.29 is 9.90 Å². The van der Waals surface area contributed by atoms with Crippen LogP contribution in [-0.4, -0.2) is 33.6 Å². The minimum absolute atomic E-state index is 0.262. The van der Waals surface area contributed by atoms with Gasteiger partial charge in [-0.05, 0) is 25.0 Å². The highest BCUT2D eigenvalue weighted by molar-refractivity contribution is 5.93. The third-order valence-corrected chi connectivity index (χ3v) is 3.58. The first-order valence-electron chi connectivity index (χ1n) is 7.64. The molecular formula is C16H23N3O2. The highest BCUT2D eigenvalue weighted by Crippen LogP contribution is 2.23. The summed E-state index contributed by atoms with van der Waals surface area (Å²) in [4.78, 5) is 18.3. The van der Waals surface area contributed by atoms with Crippen LogP contribution in [0.2, 0.25) is 0 Å². The molecule has 114 valence electrons. The molecule has 2 aromatic rings. The summed E-state index contributed by atoms with van der Waals surface area (Å²) in [6.45, 7) is 5.97. The van der Waals surface area contributed by atoms with E-state index in [0.29, 0.717) is 11.5 Å². The first kappa shape index (κ1) is 15.4. The molecule has 0 aromatic carbocycles. The molecule has 0 aliphatic carbocycles. The van der Waals surface area contributed by atoms with Crippen LogP contribution in [0.5, 0.6) is 0 Å². The molecule has 0 radical (unpaired) electrons. The Morgan fingerprint density at radius 3 is 2.48 bits per heavy atom. The fourth-order valence-corrected chi connectivity index (χ4v) is 2.42. The van der Waals surface area contributed by atoms with Crippen molar-refractivity contribution in [3.05, 3.63) is 30.1 Å². The number of hydrogen-bond donors (Lipinski definition) is 1. The Kier molecular flexibility index (Phi) is 5.20. The molecule has 0 bridgehead atoms. The Morgan fingerprint density at radius 2 is 1.90 bits per heavy atom. The molecule has 2 heterocycles. The molecular weight excluding hydrogens is 266 g/mol. The van der Waals surface area contributed by atoms with E-state index < -0.39 is 5.97 Å². The van der Waals surface area contributed by atoms with Crippen molar-refractivity contribution in [2.24, 2.45) is 0 Å². The maximum atomic E-state index is 11.7. The van der Waals surface area contributed by atoms with Crippen LogP contribution < -0.4 is 4.90 Å². The molecule has 0 amide bonds. The predicted octanol–water partition coefficient (Wildman–Crippen LogP) is 3.44. The first-order valence-corrected chi connectivity index (χ1v) is 7.64. The number of hydrogen-bond acceptors (Lipinski definition) is 3. The average molecular weight is 289 g/mol. The molecule has 0 unspecified atom stereocenters. The second kappa shape index (κ2) is 7.11. The topological polar surface area (TPSA) is 57.8 Å². The van der Waals surface area contributed by atoms with Gasteiger partial charge in [-0.15, -0.1) is 0 Å². The number of pyridine rings is 1. The standard InChI is InChI=1S/C16H23N3O2/c1-3-5-10-18(11-6-4-2)15-14(16(20)21)19-12-8-7-9-13(19)17-15/h7-9,12H,3-6,10-11H2,1-2H3,(H,20,21). The van der Waals surface area contributed by atoms with Crippen LogP contribution >= 0.6 is 0 Å². The highest BCUT2D eigenvalue weighted by atomic mass is 16.4. The van der Waals surface area contributed by atoms with Gasteiger partial charge in [-0.2, -0.15) is 0 Å². The normalized spacial score (nSPS) is 11.0. The zero-order chi connectivity index (χ0) is 15.2. The van der Waals surface area contributed by atoms with Crippen LogP contribution in [0.4, 0.5) is 5.82 Å². The molecule has 1 N–H and O–H groups in total. The van der Waals surface area contributed by atoms with Crippen molar-refractivity contribution in [1.82, 2.24) is 9.38 Å². The Morgan fingerprint density at radius 1 is 1.24 bits per heavy atom. The van der Waals surface area contributed by atoms with Gasteiger partial charge in [0.25, 0.3) is 0 Å². The minimum Gasteiger partial charge on any atom is -0.476 e. The van der Waals surface area contributed by atoms with Gasteiger partial charge in [0.15, 0.2) is 11.5 Å². The van der Waals surface area contributed by atoms with Crippen LogP contribution in [0.3, 0.4) is 0 Å². The molecule has 0 atom stereocenters. The highest BCUT2D eigenvalue weighted by Gasteiger charge is 2.22. The summed E-state index contributed by atoms with van der Waals surface area (Å²) in [6.07, 6.45) is 6.00. The SMILES string of the molecule is CCCCN(CCCC)c1nc2ccccn2c1C(=O)O. The summed E-state index contributed by atoms with van der Waals surface area (Å²) in [5.41, 5.74) is 0.945. The summed E-state index contributed by atoms with van der Waals surface area (Å²) in [6, 6.07) is 5.54. The van der Waals surface area contributed by atoms with Crippen LogP contribution in [0.15, 0.2) is 24.4 Å². The number of aromatic carboxylic acids is 1. The summed E-state index contributed by atoms with van der Waals surface area (Å²) >= 11 is 0. The lowest BCUT2D eigenvalue weighted by atomic mass is 10.2. The van der Waals surface area contributed by atoms with Crippen LogP contribution in [0.25, 0.3) is 5.65 Å². The van der Waals surface area contributed by atoms with Gasteiger partial charge >= 0.3 is 5.97 Å². The largest absolute Gasteiger partial charge is 0.476 e. The van der Waals surface area contributed by atoms with Gasteiger partial charge in [0.05, 0.1) is 0 Å². The number of aromatic nitrogens is 2. The molecule has 2 rings (SSSR count). The Hall–Kier alpha value is -2.04. The van der Waals surface area contributed by atoms with Gasteiger partial charge in [-0.1, -0.05) is 32.8 Å². The Bertz CT molecular complexity index is 599. The van der Waals surface area contributed by atoms with Gasteiger partial charge in [0, 0.05) is 19.3 Å². The van der Waals surface area contributed by atoms with E-state index in [1.165, 1.54) is 0 Å². The second-order valence-corrected chi connectivity index (χ2v) is 5.21. The molecule has 5 nitrogen and oxygen atoms in total. The second-order valence-electron chi connectivity index (χ2n) is 5.21. The zero-order valence-electron chi connectivity index (χ0n) is 12.7. The van der Waals surface area contributed by atoms with Crippen molar-refractivity contribution in [1.29, 1.82) is 0 Å². The summed E-state index contributed by atoms with van der Waals surface area (Å²) in [5, 5.41) is 9.56. The molecule has 0 fully saturated rings. The zero-order valence-corrected chi connectivity index (χ0v) is 12.7. The number of rotatable bonds is 8. The number of nitrogens with zero attached hydrogens (tertiary/aromatic N) is 3. The van der Waals surface area contributed by atoms with Crippen molar-refractivity contribution in [3.8, 4) is 0 Å². The first-order chi connectivity index (χ1) is 10.2. The van der Waals surface area contributed by atoms with E-state index in [1.807, 2.05) is 18.2 Å². The van der Waals surface area contributed by atoms with Crippen molar-refractivity contribution in [3.63, 3.8) is 0 Å². The van der Waals surface area contributed by atoms with Gasteiger partial charge in [-0.3, -0.25) is 4.40 Å². The summed E-state index contributed by atoms with van der Waals surface area (Å²) in [7, 11) is 0. The van der Waals surface area contributed by atoms with Crippen molar-refractivity contribution >= 4 is 17.4 Å². The summed E-state index contributed by atoms with van der Waals surface area (Å²) in [5.74, 6) is -0.336. The monoisotopic (exact) mass is 289 g/mol. The molecule has 2 aromatic heterocycles. The maximum Gasteiger partial charge on any atom is 0.356 e. The lowest BCUT2D eigenvalue weighted by molar-refractivity contribution is 0.0690. The van der Waals surface area contributed by atoms with Crippen molar-refractivity contribution in [2.45, 2.75) is 39.5 Å². The number of anilines is 1. The Labute approximate surface area is 125 Å². The summed E-state index contributed by atoms with van der Waals surface area (Å²) < 4.78 is 1.66. The van der Waals surface area contributed by atoms with E-state index >= 15 is 0 Å². The fraction of sp³-hybridized carbons (Fsp3) is 0.500. The van der Waals surface area contributed by atoms with Crippen LogP contribution in [0, 0.1) is 0 Å². The number of carboxylic acid groups (broad SMARTS) is 1. The molecule has 5 heteroatoms. The van der Waals surface area contributed by atoms with Gasteiger partial charge in [0.2, 0.25) is 0 Å². The minimum atomic E-state index is -0.929. The lowest BCUT2D eigenvalue weighted by Crippen LogP contribution is -2.27. The molecule has 21 heavy (non-hydrogen) atoms. The van der Waals surface area contributed by atoms with Gasteiger partial charge < -0.3 is 10.0 Å². The molecule has 0 aliphatic heterocycles. The van der Waals surface area contributed by atoms with E-state index in [2.05, 4.69) is 23.7 Å². The average Bonchev–Trinajstić information content (AvgIpc) is 2.86. The number of carboxylic acids is 1. The predicted molar refractivity (Wildman–Crippen MR) is 84.2 cm³/mol. The fourth-order valence-electron chi connectivity index (χ4n) is 2.42. The van der Waals surface area contributed by atoms with Gasteiger partial charge in [-0.25, -0.2) is 9.78 Å². The Balaban J connectivity index is 2.44. The van der Waals surface area contributed by atoms with E-state index in [4.69, 9.17) is 0 Å². The van der Waals surface area contributed by atoms with Gasteiger partial charge in [0.1, 0.15) is 5.65 Å². The maximum absolute atomic E-state index is 11.7. The van der Waals surface area contributed by atoms with Crippen molar-refractivity contribution in [2.75, 3.05) is 18.0 Å². The third kappa shape index (κ3) is 3.35. The smallest absolute Gasteiger partial charge is 0.356 e. The van der Waals surface area contributed by atoms with E-state index in [9.17, 15) is 9.90 Å². The van der Waals surface area contributed by atoms with Crippen LogP contribution in [0.1, 0.15) is 50.0 Å². The van der Waals surface area contributed by atoms with Crippen LogP contribution in [-0.2, 0) is 0 Å². The number of unbranched alkanes of at least 4 members (excludes halogenated alkanes) is 2. The number of carbonyl (C=O) groups is 1. The van der Waals surface area contributed by atoms with E-state index in [0.717, 1.165) is 38.8 Å². The molecule has 0 saturated carbocycles. The molecule has 0 spiro atoms. The lowest BCUT2D eigenvalue weighted by Gasteiger charge is -2.22. The molecule has 0 aliphatic rings. The quantitative estimate of drug-likeness (QED) is 0.808. The number of imidazole rings is 1. The third-order valence-electron chi connectivity index (χ3n) is 3.58. The van der Waals surface area contributed by atoms with E-state index in [-0.39, 0.29) is 5.69 Å².